The molecule has 0 aliphatic heterocycles. The highest BCUT2D eigenvalue weighted by Crippen LogP contribution is 2.18. The molecule has 84 valence electrons. The second kappa shape index (κ2) is 4.14. The fourth-order valence-corrected chi connectivity index (χ4v) is 1.72. The maximum atomic E-state index is 13.0. The van der Waals surface area contributed by atoms with Gasteiger partial charge in [-0.2, -0.15) is 0 Å². The number of hydrogen-bond donors (Lipinski definition) is 1. The lowest BCUT2D eigenvalue weighted by molar-refractivity contribution is -0.136. The van der Waals surface area contributed by atoms with Crippen LogP contribution in [0.1, 0.15) is 0 Å². The Bertz CT molecular complexity index is 538. The van der Waals surface area contributed by atoms with Crippen molar-refractivity contribution >= 4 is 28.5 Å². The molecule has 1 aromatic heterocycles. The Morgan fingerprint density at radius 2 is 2.25 bits per heavy atom. The molecule has 0 saturated carbocycles. The molecule has 0 bridgehead atoms. The van der Waals surface area contributed by atoms with Crippen LogP contribution in [-0.4, -0.2) is 21.0 Å². The van der Waals surface area contributed by atoms with Crippen LogP contribution in [0.15, 0.2) is 30.5 Å². The maximum absolute atomic E-state index is 13.0. The number of alkyl halides is 1. The van der Waals surface area contributed by atoms with Crippen molar-refractivity contribution in [3.8, 4) is 0 Å². The molecule has 2 aromatic rings. The van der Waals surface area contributed by atoms with Crippen molar-refractivity contribution in [1.82, 2.24) is 4.57 Å². The fourth-order valence-electron chi connectivity index (χ4n) is 1.57. The molecular formula is C11H9ClFNO2. The van der Waals surface area contributed by atoms with Gasteiger partial charge in [-0.05, 0) is 29.7 Å². The van der Waals surface area contributed by atoms with Crippen molar-refractivity contribution < 1.29 is 14.3 Å². The topological polar surface area (TPSA) is 42.2 Å². The summed E-state index contributed by atoms with van der Waals surface area (Å²) in [4.78, 5) is 10.6. The lowest BCUT2D eigenvalue weighted by atomic mass is 10.2. The van der Waals surface area contributed by atoms with Crippen LogP contribution in [-0.2, 0) is 11.3 Å². The van der Waals surface area contributed by atoms with E-state index in [1.54, 1.807) is 22.9 Å². The van der Waals surface area contributed by atoms with Crippen molar-refractivity contribution in [2.75, 3.05) is 0 Å². The fraction of sp³-hybridized carbons (Fsp3) is 0.182. The summed E-state index contributed by atoms with van der Waals surface area (Å²) in [5, 5.41) is 8.53. The Kier molecular flexibility index (Phi) is 2.83. The number of benzene rings is 1. The van der Waals surface area contributed by atoms with Gasteiger partial charge in [-0.15, -0.1) is 11.6 Å². The highest BCUT2D eigenvalue weighted by Gasteiger charge is 2.15. The minimum Gasteiger partial charge on any atom is -0.480 e. The Labute approximate surface area is 96.1 Å². The number of aromatic nitrogens is 1. The van der Waals surface area contributed by atoms with E-state index >= 15 is 0 Å². The van der Waals surface area contributed by atoms with Gasteiger partial charge in [0.2, 0.25) is 0 Å². The smallest absolute Gasteiger partial charge is 0.323 e. The summed E-state index contributed by atoms with van der Waals surface area (Å²) in [7, 11) is 0. The first kappa shape index (κ1) is 11.0. The molecule has 5 heteroatoms. The van der Waals surface area contributed by atoms with Gasteiger partial charge in [-0.25, -0.2) is 4.39 Å². The Hall–Kier alpha value is -1.55. The lowest BCUT2D eigenvalue weighted by Crippen LogP contribution is -2.19. The predicted octanol–water partition coefficient (Wildman–Crippen LogP) is 2.47. The second-order valence-corrected chi connectivity index (χ2v) is 4.00. The number of carboxylic acid groups (broad SMARTS) is 1. The van der Waals surface area contributed by atoms with Crippen molar-refractivity contribution in [1.29, 1.82) is 0 Å². The molecule has 0 saturated heterocycles. The first-order chi connectivity index (χ1) is 7.58. The van der Waals surface area contributed by atoms with Crippen LogP contribution in [0.4, 0.5) is 4.39 Å². The molecule has 0 radical (unpaired) electrons. The quantitative estimate of drug-likeness (QED) is 0.839. The first-order valence-corrected chi connectivity index (χ1v) is 5.13. The van der Waals surface area contributed by atoms with Crippen LogP contribution in [0.5, 0.6) is 0 Å². The van der Waals surface area contributed by atoms with E-state index in [0.29, 0.717) is 5.52 Å². The molecular weight excluding hydrogens is 233 g/mol. The second-order valence-electron chi connectivity index (χ2n) is 3.48. The summed E-state index contributed by atoms with van der Waals surface area (Å²) in [5.41, 5.74) is 0.645. The number of rotatable bonds is 3. The minimum absolute atomic E-state index is 0.115. The van der Waals surface area contributed by atoms with Crippen LogP contribution in [0.25, 0.3) is 10.9 Å². The Balaban J connectivity index is 2.37. The highest BCUT2D eigenvalue weighted by molar-refractivity contribution is 6.29. The average molecular weight is 242 g/mol. The number of fused-ring (bicyclic) bond motifs is 1. The van der Waals surface area contributed by atoms with E-state index in [0.717, 1.165) is 5.39 Å². The first-order valence-electron chi connectivity index (χ1n) is 4.69. The molecule has 0 aliphatic rings. The van der Waals surface area contributed by atoms with E-state index in [9.17, 15) is 9.18 Å². The molecule has 16 heavy (non-hydrogen) atoms. The normalized spacial score (nSPS) is 12.9. The van der Waals surface area contributed by atoms with Crippen LogP contribution in [0, 0.1) is 5.82 Å². The number of nitrogens with zero attached hydrogens (tertiary/aromatic N) is 1. The summed E-state index contributed by atoms with van der Waals surface area (Å²) in [5.74, 6) is -1.44. The monoisotopic (exact) mass is 241 g/mol. The summed E-state index contributed by atoms with van der Waals surface area (Å²) < 4.78 is 14.7. The molecule has 1 unspecified atom stereocenters. The molecule has 1 heterocycles. The van der Waals surface area contributed by atoms with Crippen molar-refractivity contribution in [2.45, 2.75) is 11.9 Å². The highest BCUT2D eigenvalue weighted by atomic mass is 35.5. The number of carboxylic acids is 1. The van der Waals surface area contributed by atoms with E-state index in [2.05, 4.69) is 0 Å². The number of hydrogen-bond acceptors (Lipinski definition) is 1. The van der Waals surface area contributed by atoms with Gasteiger partial charge >= 0.3 is 5.97 Å². The van der Waals surface area contributed by atoms with Gasteiger partial charge in [0, 0.05) is 12.7 Å². The summed E-state index contributed by atoms with van der Waals surface area (Å²) in [6, 6.07) is 6.16. The van der Waals surface area contributed by atoms with Crippen molar-refractivity contribution in [3.63, 3.8) is 0 Å². The Morgan fingerprint density at radius 3 is 2.94 bits per heavy atom. The zero-order valence-corrected chi connectivity index (χ0v) is 8.99. The maximum Gasteiger partial charge on any atom is 0.323 e. The van der Waals surface area contributed by atoms with Gasteiger partial charge in [0.15, 0.2) is 0 Å². The molecule has 1 aromatic carbocycles. The van der Waals surface area contributed by atoms with Gasteiger partial charge in [0.1, 0.15) is 11.2 Å². The van der Waals surface area contributed by atoms with Crippen LogP contribution in [0.3, 0.4) is 0 Å². The third-order valence-corrected chi connectivity index (χ3v) is 2.69. The summed E-state index contributed by atoms with van der Waals surface area (Å²) in [6.07, 6.45) is 1.70. The van der Waals surface area contributed by atoms with E-state index in [1.807, 2.05) is 0 Å². The average Bonchev–Trinajstić information content (AvgIpc) is 2.61. The van der Waals surface area contributed by atoms with Gasteiger partial charge in [0.25, 0.3) is 0 Å². The molecule has 0 fully saturated rings. The molecule has 1 N–H and O–H groups in total. The summed E-state index contributed by atoms with van der Waals surface area (Å²) >= 11 is 5.63. The SMILES string of the molecule is O=C(O)C(Cl)Cn1ccc2ccc(F)cc21. The van der Waals surface area contributed by atoms with Crippen molar-refractivity contribution in [3.05, 3.63) is 36.3 Å². The van der Waals surface area contributed by atoms with Gasteiger partial charge in [0.05, 0.1) is 5.52 Å². The van der Waals surface area contributed by atoms with Gasteiger partial charge in [-0.1, -0.05) is 0 Å². The standard InChI is InChI=1S/C11H9ClFNO2/c12-9(11(15)16)6-14-4-3-7-1-2-8(13)5-10(7)14/h1-5,9H,6H2,(H,15,16). The lowest BCUT2D eigenvalue weighted by Gasteiger charge is -2.07. The zero-order valence-electron chi connectivity index (χ0n) is 8.23. The van der Waals surface area contributed by atoms with Gasteiger partial charge < -0.3 is 9.67 Å². The van der Waals surface area contributed by atoms with Gasteiger partial charge in [-0.3, -0.25) is 4.79 Å². The third-order valence-electron chi connectivity index (χ3n) is 2.36. The van der Waals surface area contributed by atoms with Crippen LogP contribution >= 0.6 is 11.6 Å². The van der Waals surface area contributed by atoms with Crippen LogP contribution < -0.4 is 0 Å². The van der Waals surface area contributed by atoms with Crippen LogP contribution in [0.2, 0.25) is 0 Å². The minimum atomic E-state index is -1.08. The third kappa shape index (κ3) is 2.02. The van der Waals surface area contributed by atoms with E-state index in [4.69, 9.17) is 16.7 Å². The Morgan fingerprint density at radius 1 is 1.50 bits per heavy atom. The predicted molar refractivity (Wildman–Crippen MR) is 59.2 cm³/mol. The zero-order chi connectivity index (χ0) is 11.7. The van der Waals surface area contributed by atoms with E-state index in [1.165, 1.54) is 12.1 Å². The molecule has 2 rings (SSSR count). The van der Waals surface area contributed by atoms with E-state index < -0.39 is 11.3 Å². The number of carbonyl (C=O) groups is 1. The molecule has 0 aliphatic carbocycles. The van der Waals surface area contributed by atoms with Crippen molar-refractivity contribution in [2.24, 2.45) is 0 Å². The molecule has 0 spiro atoms. The number of halogens is 2. The molecule has 3 nitrogen and oxygen atoms in total. The number of aliphatic carboxylic acids is 1. The summed E-state index contributed by atoms with van der Waals surface area (Å²) in [6.45, 7) is 0.115. The largest absolute Gasteiger partial charge is 0.480 e. The molecule has 1 atom stereocenters. The van der Waals surface area contributed by atoms with E-state index in [-0.39, 0.29) is 12.4 Å². The molecule has 0 amide bonds.